The number of hydrogen-bond acceptors (Lipinski definition) is 3. The Morgan fingerprint density at radius 3 is 2.88 bits per heavy atom. The topological polar surface area (TPSA) is 50.1 Å². The molecule has 0 saturated carbocycles. The predicted molar refractivity (Wildman–Crippen MR) is 67.1 cm³/mol. The van der Waals surface area contributed by atoms with E-state index in [1.54, 1.807) is 0 Å². The third-order valence-electron chi connectivity index (χ3n) is 3.09. The lowest BCUT2D eigenvalue weighted by molar-refractivity contribution is 0.485. The highest BCUT2D eigenvalue weighted by Crippen LogP contribution is 2.29. The lowest BCUT2D eigenvalue weighted by atomic mass is 9.88. The maximum Gasteiger partial charge on any atom is 0.0764 e. The van der Waals surface area contributed by atoms with Gasteiger partial charge >= 0.3 is 0 Å². The van der Waals surface area contributed by atoms with Gasteiger partial charge in [-0.05, 0) is 24.1 Å². The summed E-state index contributed by atoms with van der Waals surface area (Å²) in [4.78, 5) is 0. The van der Waals surface area contributed by atoms with E-state index in [1.165, 1.54) is 5.56 Å². The van der Waals surface area contributed by atoms with Crippen LogP contribution in [0.3, 0.4) is 0 Å². The fourth-order valence-electron chi connectivity index (χ4n) is 2.35. The van der Waals surface area contributed by atoms with Gasteiger partial charge in [0.25, 0.3) is 0 Å². The normalized spacial score (nSPS) is 29.6. The smallest absolute Gasteiger partial charge is 0.0764 e. The van der Waals surface area contributed by atoms with Gasteiger partial charge in [-0.3, -0.25) is 5.43 Å². The van der Waals surface area contributed by atoms with Crippen LogP contribution < -0.4 is 16.6 Å². The molecule has 3 nitrogen and oxygen atoms in total. The van der Waals surface area contributed by atoms with E-state index in [4.69, 9.17) is 17.3 Å². The van der Waals surface area contributed by atoms with Crippen LogP contribution in [0, 0.1) is 0 Å². The van der Waals surface area contributed by atoms with Crippen molar-refractivity contribution in [1.29, 1.82) is 0 Å². The van der Waals surface area contributed by atoms with E-state index in [9.17, 15) is 0 Å². The van der Waals surface area contributed by atoms with Crippen molar-refractivity contribution in [2.45, 2.75) is 37.9 Å². The van der Waals surface area contributed by atoms with Gasteiger partial charge in [0.05, 0.1) is 6.17 Å². The number of nitrogens with one attached hydrogen (secondary N) is 2. The largest absolute Gasteiger partial charge is 0.314 e. The fourth-order valence-corrected chi connectivity index (χ4v) is 2.55. The summed E-state index contributed by atoms with van der Waals surface area (Å²) in [5.74, 6) is 0.290. The molecule has 1 fully saturated rings. The Hall–Kier alpha value is -0.610. The standard InChI is InChI=1S/C12H18ClN3/c1-2-4-10-11(12(14)16-15-10)8-5-3-6-9(13)7-8/h3,5-7,10-12,15-16H,2,4,14H2,1H3. The van der Waals surface area contributed by atoms with Crippen LogP contribution in [0.2, 0.25) is 5.02 Å². The van der Waals surface area contributed by atoms with Crippen LogP contribution in [0.25, 0.3) is 0 Å². The summed E-state index contributed by atoms with van der Waals surface area (Å²) in [6.07, 6.45) is 2.20. The molecule has 1 heterocycles. The molecule has 0 radical (unpaired) electrons. The van der Waals surface area contributed by atoms with Crippen molar-refractivity contribution < 1.29 is 0 Å². The van der Waals surface area contributed by atoms with Crippen molar-refractivity contribution in [2.24, 2.45) is 5.73 Å². The lowest BCUT2D eigenvalue weighted by Gasteiger charge is -2.21. The quantitative estimate of drug-likeness (QED) is 0.756. The lowest BCUT2D eigenvalue weighted by Crippen LogP contribution is -2.38. The number of rotatable bonds is 3. The number of hydrogen-bond donors (Lipinski definition) is 3. The highest BCUT2D eigenvalue weighted by Gasteiger charge is 2.33. The first kappa shape index (κ1) is 11.9. The average molecular weight is 240 g/mol. The number of nitrogens with two attached hydrogens (primary N) is 1. The van der Waals surface area contributed by atoms with Gasteiger partial charge in [0.1, 0.15) is 0 Å². The zero-order valence-electron chi connectivity index (χ0n) is 9.41. The molecular weight excluding hydrogens is 222 g/mol. The number of halogens is 1. The van der Waals surface area contributed by atoms with E-state index in [0.29, 0.717) is 12.0 Å². The second-order valence-corrected chi connectivity index (χ2v) is 4.73. The highest BCUT2D eigenvalue weighted by atomic mass is 35.5. The van der Waals surface area contributed by atoms with Crippen LogP contribution >= 0.6 is 11.6 Å². The van der Waals surface area contributed by atoms with Crippen molar-refractivity contribution in [3.63, 3.8) is 0 Å². The molecule has 4 N–H and O–H groups in total. The Labute approximate surface area is 101 Å². The number of hydrazine groups is 1. The van der Waals surface area contributed by atoms with Crippen LogP contribution in [0.15, 0.2) is 24.3 Å². The Kier molecular flexibility index (Phi) is 3.82. The molecule has 1 aliphatic heterocycles. The summed E-state index contributed by atoms with van der Waals surface area (Å²) in [6.45, 7) is 2.18. The molecule has 1 aliphatic rings. The molecule has 88 valence electrons. The first-order valence-electron chi connectivity index (χ1n) is 5.74. The van der Waals surface area contributed by atoms with E-state index in [-0.39, 0.29) is 6.17 Å². The third kappa shape index (κ3) is 2.38. The minimum absolute atomic E-state index is 0.0463. The first-order chi connectivity index (χ1) is 7.72. The summed E-state index contributed by atoms with van der Waals surface area (Å²) in [5, 5.41) is 0.770. The van der Waals surface area contributed by atoms with Gasteiger partial charge in [0.15, 0.2) is 0 Å². The molecule has 3 atom stereocenters. The second kappa shape index (κ2) is 5.15. The van der Waals surface area contributed by atoms with Crippen LogP contribution in [0.1, 0.15) is 31.2 Å². The van der Waals surface area contributed by atoms with Crippen LogP contribution in [-0.4, -0.2) is 12.2 Å². The molecule has 0 aromatic heterocycles. The molecule has 1 aromatic rings. The molecule has 0 amide bonds. The first-order valence-corrected chi connectivity index (χ1v) is 6.12. The van der Waals surface area contributed by atoms with Crippen molar-refractivity contribution in [2.75, 3.05) is 0 Å². The van der Waals surface area contributed by atoms with E-state index < -0.39 is 0 Å². The Morgan fingerprint density at radius 1 is 1.38 bits per heavy atom. The fraction of sp³-hybridized carbons (Fsp3) is 0.500. The molecular formula is C12H18ClN3. The van der Waals surface area contributed by atoms with Crippen molar-refractivity contribution in [1.82, 2.24) is 10.9 Å². The molecule has 16 heavy (non-hydrogen) atoms. The van der Waals surface area contributed by atoms with Crippen LogP contribution in [0.5, 0.6) is 0 Å². The van der Waals surface area contributed by atoms with Crippen LogP contribution in [-0.2, 0) is 0 Å². The van der Waals surface area contributed by atoms with Gasteiger partial charge in [0.2, 0.25) is 0 Å². The molecule has 3 unspecified atom stereocenters. The summed E-state index contributed by atoms with van der Waals surface area (Å²) in [5.41, 5.74) is 13.6. The van der Waals surface area contributed by atoms with E-state index in [1.807, 2.05) is 18.2 Å². The van der Waals surface area contributed by atoms with Gasteiger partial charge in [-0.1, -0.05) is 37.1 Å². The summed E-state index contributed by atoms with van der Waals surface area (Å²) in [7, 11) is 0. The Morgan fingerprint density at radius 2 is 2.19 bits per heavy atom. The predicted octanol–water partition coefficient (Wildman–Crippen LogP) is 1.98. The van der Waals surface area contributed by atoms with Gasteiger partial charge in [0, 0.05) is 17.0 Å². The number of benzene rings is 1. The molecule has 1 saturated heterocycles. The van der Waals surface area contributed by atoms with Gasteiger partial charge in [-0.15, -0.1) is 0 Å². The molecule has 1 aromatic carbocycles. The van der Waals surface area contributed by atoms with Gasteiger partial charge < -0.3 is 5.73 Å². The highest BCUT2D eigenvalue weighted by molar-refractivity contribution is 6.30. The van der Waals surface area contributed by atoms with E-state index >= 15 is 0 Å². The van der Waals surface area contributed by atoms with Gasteiger partial charge in [-0.2, -0.15) is 0 Å². The van der Waals surface area contributed by atoms with E-state index in [0.717, 1.165) is 17.9 Å². The monoisotopic (exact) mass is 239 g/mol. The average Bonchev–Trinajstić information content (AvgIpc) is 2.60. The molecule has 0 bridgehead atoms. The second-order valence-electron chi connectivity index (χ2n) is 4.29. The molecule has 0 aliphatic carbocycles. The summed E-state index contributed by atoms with van der Waals surface area (Å²) in [6, 6.07) is 8.35. The summed E-state index contributed by atoms with van der Waals surface area (Å²) >= 11 is 6.01. The SMILES string of the molecule is CCCC1NNC(N)C1c1cccc(Cl)c1. The third-order valence-corrected chi connectivity index (χ3v) is 3.32. The Balaban J connectivity index is 2.22. The van der Waals surface area contributed by atoms with E-state index in [2.05, 4.69) is 23.8 Å². The van der Waals surface area contributed by atoms with Crippen molar-refractivity contribution >= 4 is 11.6 Å². The van der Waals surface area contributed by atoms with Gasteiger partial charge in [-0.25, -0.2) is 5.43 Å². The maximum absolute atomic E-state index is 6.07. The minimum Gasteiger partial charge on any atom is -0.314 e. The maximum atomic E-state index is 6.07. The van der Waals surface area contributed by atoms with Crippen molar-refractivity contribution in [3.05, 3.63) is 34.9 Å². The molecule has 2 rings (SSSR count). The zero-order chi connectivity index (χ0) is 11.5. The van der Waals surface area contributed by atoms with Crippen LogP contribution in [0.4, 0.5) is 0 Å². The molecule has 0 spiro atoms. The zero-order valence-corrected chi connectivity index (χ0v) is 10.2. The summed E-state index contributed by atoms with van der Waals surface area (Å²) < 4.78 is 0. The molecule has 4 heteroatoms. The Bertz CT molecular complexity index is 354. The van der Waals surface area contributed by atoms with Crippen molar-refractivity contribution in [3.8, 4) is 0 Å². The minimum atomic E-state index is -0.0463.